The number of hydrogen-bond acceptors (Lipinski definition) is 3. The van der Waals surface area contributed by atoms with Crippen LogP contribution in [-0.2, 0) is 20.6 Å². The number of H-pyrrole nitrogens is 1. The summed E-state index contributed by atoms with van der Waals surface area (Å²) in [7, 11) is 3.28. The number of imidazole rings is 1. The number of hydrogen-bond donors (Lipinski definition) is 1. The van der Waals surface area contributed by atoms with Crippen molar-refractivity contribution in [1.29, 1.82) is 0 Å². The van der Waals surface area contributed by atoms with Crippen LogP contribution in [0.5, 0.6) is 0 Å². The molecule has 0 spiro atoms. The molecule has 0 atom stereocenters. The van der Waals surface area contributed by atoms with Gasteiger partial charge >= 0.3 is 5.69 Å². The van der Waals surface area contributed by atoms with Crippen molar-refractivity contribution in [3.63, 3.8) is 0 Å². The largest absolute Gasteiger partial charge is 0.328 e. The summed E-state index contributed by atoms with van der Waals surface area (Å²) in [6, 6.07) is 5.10. The first kappa shape index (κ1) is 16.0. The Morgan fingerprint density at radius 2 is 1.92 bits per heavy atom. The van der Waals surface area contributed by atoms with E-state index < -0.39 is 0 Å². The van der Waals surface area contributed by atoms with Gasteiger partial charge in [0.1, 0.15) is 5.56 Å². The van der Waals surface area contributed by atoms with Gasteiger partial charge in [-0.2, -0.15) is 0 Å². The summed E-state index contributed by atoms with van der Waals surface area (Å²) in [6.45, 7) is 2.67. The van der Waals surface area contributed by atoms with Crippen molar-refractivity contribution >= 4 is 16.8 Å². The van der Waals surface area contributed by atoms with Crippen LogP contribution < -0.4 is 11.2 Å². The van der Waals surface area contributed by atoms with Crippen molar-refractivity contribution in [2.24, 2.45) is 14.1 Å². The molecule has 0 saturated heterocycles. The minimum atomic E-state index is -0.364. The molecule has 0 amide bonds. The van der Waals surface area contributed by atoms with Crippen LogP contribution in [0.4, 0.5) is 0 Å². The molecule has 2 heterocycles. The van der Waals surface area contributed by atoms with Gasteiger partial charge in [-0.15, -0.1) is 0 Å². The number of nitrogens with one attached hydrogen (secondary N) is 1. The number of carbonyl (C=O) groups excluding carboxylic acids is 1. The minimum Gasteiger partial charge on any atom is -0.302 e. The molecule has 24 heavy (non-hydrogen) atoms. The molecule has 1 aromatic carbocycles. The van der Waals surface area contributed by atoms with E-state index in [-0.39, 0.29) is 22.6 Å². The maximum Gasteiger partial charge on any atom is 0.328 e. The van der Waals surface area contributed by atoms with Crippen molar-refractivity contribution in [2.45, 2.75) is 26.3 Å². The van der Waals surface area contributed by atoms with Crippen LogP contribution in [0.15, 0.2) is 34.0 Å². The van der Waals surface area contributed by atoms with Crippen LogP contribution in [-0.4, -0.2) is 24.7 Å². The predicted octanol–water partition coefficient (Wildman–Crippen LogP) is 1.40. The second-order valence-corrected chi connectivity index (χ2v) is 5.93. The number of rotatable bonds is 5. The Kier molecular flexibility index (Phi) is 4.01. The Hall–Kier alpha value is -2.83. The molecular weight excluding hydrogens is 308 g/mol. The van der Waals surface area contributed by atoms with E-state index >= 15 is 0 Å². The second kappa shape index (κ2) is 5.99. The molecule has 3 rings (SSSR count). The van der Waals surface area contributed by atoms with E-state index in [0.29, 0.717) is 17.6 Å². The quantitative estimate of drug-likeness (QED) is 0.719. The minimum absolute atomic E-state index is 0.0928. The number of unbranched alkanes of at least 4 members (excludes halogenated alkanes) is 1. The van der Waals surface area contributed by atoms with Gasteiger partial charge in [0, 0.05) is 32.4 Å². The molecule has 0 saturated carbocycles. The average molecular weight is 328 g/mol. The molecule has 7 heteroatoms. The molecule has 0 fully saturated rings. The molecular formula is C17H20N4O3. The summed E-state index contributed by atoms with van der Waals surface area (Å²) in [5.41, 5.74) is 1.52. The summed E-state index contributed by atoms with van der Waals surface area (Å²) >= 11 is 0. The van der Waals surface area contributed by atoms with E-state index in [0.717, 1.165) is 18.4 Å². The summed E-state index contributed by atoms with van der Waals surface area (Å²) < 4.78 is 4.52. The van der Waals surface area contributed by atoms with Gasteiger partial charge in [0.15, 0.2) is 5.78 Å². The molecule has 0 aliphatic heterocycles. The maximum absolute atomic E-state index is 12.6. The third-order valence-corrected chi connectivity index (χ3v) is 4.33. The van der Waals surface area contributed by atoms with Gasteiger partial charge in [-0.05, 0) is 24.6 Å². The van der Waals surface area contributed by atoms with Gasteiger partial charge in [0.05, 0.1) is 11.0 Å². The molecule has 126 valence electrons. The number of benzene rings is 1. The first-order chi connectivity index (χ1) is 11.5. The zero-order chi connectivity index (χ0) is 17.4. The summed E-state index contributed by atoms with van der Waals surface area (Å²) in [5, 5.41) is 2.70. The highest BCUT2D eigenvalue weighted by atomic mass is 16.2. The molecule has 3 aromatic rings. The molecule has 0 radical (unpaired) electrons. The number of aromatic nitrogens is 4. The SMILES string of the molecule is CCCCn1c(=O)n(C)c2ccc(C(=O)c3c[nH]n(C)c3=O)cc21. The monoisotopic (exact) mass is 328 g/mol. The molecule has 0 bridgehead atoms. The van der Waals surface area contributed by atoms with Gasteiger partial charge < -0.3 is 5.10 Å². The number of nitrogens with zero attached hydrogens (tertiary/aromatic N) is 3. The van der Waals surface area contributed by atoms with E-state index in [2.05, 4.69) is 12.0 Å². The number of aryl methyl sites for hydroxylation is 3. The zero-order valence-electron chi connectivity index (χ0n) is 14.0. The molecule has 1 N–H and O–H groups in total. The topological polar surface area (TPSA) is 81.8 Å². The van der Waals surface area contributed by atoms with Crippen LogP contribution >= 0.6 is 0 Å². The Labute approximate surface area is 138 Å². The van der Waals surface area contributed by atoms with Crippen molar-refractivity contribution < 1.29 is 4.79 Å². The number of fused-ring (bicyclic) bond motifs is 1. The smallest absolute Gasteiger partial charge is 0.302 e. The van der Waals surface area contributed by atoms with Crippen LogP contribution in [0.25, 0.3) is 11.0 Å². The fourth-order valence-corrected chi connectivity index (χ4v) is 2.86. The fourth-order valence-electron chi connectivity index (χ4n) is 2.86. The van der Waals surface area contributed by atoms with Crippen molar-refractivity contribution in [1.82, 2.24) is 18.9 Å². The van der Waals surface area contributed by atoms with Gasteiger partial charge in [-0.25, -0.2) is 4.79 Å². The number of ketones is 1. The lowest BCUT2D eigenvalue weighted by Crippen LogP contribution is -2.22. The molecule has 0 aliphatic rings. The zero-order valence-corrected chi connectivity index (χ0v) is 14.0. The third kappa shape index (κ3) is 2.42. The Bertz CT molecular complexity index is 1030. The first-order valence-electron chi connectivity index (χ1n) is 7.94. The van der Waals surface area contributed by atoms with Gasteiger partial charge in [-0.1, -0.05) is 13.3 Å². The molecule has 7 nitrogen and oxygen atoms in total. The van der Waals surface area contributed by atoms with Gasteiger partial charge in [0.25, 0.3) is 5.56 Å². The van der Waals surface area contributed by atoms with E-state index in [4.69, 9.17) is 0 Å². The van der Waals surface area contributed by atoms with Gasteiger partial charge in [0.2, 0.25) is 0 Å². The summed E-state index contributed by atoms with van der Waals surface area (Å²) in [4.78, 5) is 37.0. The predicted molar refractivity (Wildman–Crippen MR) is 91.6 cm³/mol. The fraction of sp³-hybridized carbons (Fsp3) is 0.353. The van der Waals surface area contributed by atoms with Gasteiger partial charge in [-0.3, -0.25) is 23.4 Å². The van der Waals surface area contributed by atoms with E-state index in [1.807, 2.05) is 0 Å². The number of carbonyl (C=O) groups is 1. The standard InChI is InChI=1S/C17H20N4O3/c1-4-5-8-21-14-9-11(6-7-13(14)19(2)17(21)24)15(22)12-10-18-20(3)16(12)23/h6-7,9-10,18H,4-5,8H2,1-3H3. The molecule has 2 aromatic heterocycles. The Morgan fingerprint density at radius 3 is 2.54 bits per heavy atom. The molecule has 0 unspecified atom stereocenters. The highest BCUT2D eigenvalue weighted by Gasteiger charge is 2.18. The number of aromatic amines is 1. The first-order valence-corrected chi connectivity index (χ1v) is 7.94. The summed E-state index contributed by atoms with van der Waals surface area (Å²) in [6.07, 6.45) is 3.26. The van der Waals surface area contributed by atoms with E-state index in [1.165, 1.54) is 10.9 Å². The maximum atomic E-state index is 12.6. The van der Waals surface area contributed by atoms with Crippen LogP contribution in [0.3, 0.4) is 0 Å². The van der Waals surface area contributed by atoms with E-state index in [9.17, 15) is 14.4 Å². The van der Waals surface area contributed by atoms with Crippen LogP contribution in [0, 0.1) is 0 Å². The highest BCUT2D eigenvalue weighted by Crippen LogP contribution is 2.17. The van der Waals surface area contributed by atoms with Crippen LogP contribution in [0.1, 0.15) is 35.7 Å². The summed E-state index contributed by atoms with van der Waals surface area (Å²) in [5.74, 6) is -0.350. The Balaban J connectivity index is 2.14. The lowest BCUT2D eigenvalue weighted by atomic mass is 10.1. The normalized spacial score (nSPS) is 11.3. The van der Waals surface area contributed by atoms with Crippen LogP contribution in [0.2, 0.25) is 0 Å². The highest BCUT2D eigenvalue weighted by molar-refractivity contribution is 6.10. The molecule has 0 aliphatic carbocycles. The average Bonchev–Trinajstić information content (AvgIpc) is 3.03. The van der Waals surface area contributed by atoms with Crippen molar-refractivity contribution in [3.8, 4) is 0 Å². The van der Waals surface area contributed by atoms with E-state index in [1.54, 1.807) is 41.4 Å². The second-order valence-electron chi connectivity index (χ2n) is 5.93. The van der Waals surface area contributed by atoms with Crippen molar-refractivity contribution in [3.05, 3.63) is 56.4 Å². The lowest BCUT2D eigenvalue weighted by Gasteiger charge is -2.03. The third-order valence-electron chi connectivity index (χ3n) is 4.33. The van der Waals surface area contributed by atoms with Crippen molar-refractivity contribution in [2.75, 3.05) is 0 Å². The Morgan fingerprint density at radius 1 is 1.17 bits per heavy atom. The lowest BCUT2D eigenvalue weighted by molar-refractivity contribution is 0.103.